The maximum Gasteiger partial charge on any atom is 0.419 e. The molecule has 22 heavy (non-hydrogen) atoms. The highest BCUT2D eigenvalue weighted by molar-refractivity contribution is 8.13. The first-order valence-electron chi connectivity index (χ1n) is 6.76. The van der Waals surface area contributed by atoms with Crippen LogP contribution in [0.3, 0.4) is 0 Å². The molecule has 0 bridgehead atoms. The summed E-state index contributed by atoms with van der Waals surface area (Å²) < 4.78 is 32.1. The molecule has 0 aliphatic heterocycles. The number of ether oxygens (including phenoxy) is 2. The Hall–Kier alpha value is -1.02. The zero-order chi connectivity index (χ0) is 17.8. The zero-order valence-corrected chi connectivity index (χ0v) is 15.4. The number of carbonyl (C=O) groups excluding carboxylic acids is 2. The van der Waals surface area contributed by atoms with Crippen LogP contribution < -0.4 is 0 Å². The van der Waals surface area contributed by atoms with E-state index in [1.807, 2.05) is 0 Å². The molecule has 0 aliphatic rings. The van der Waals surface area contributed by atoms with Gasteiger partial charge in [-0.15, -0.1) is 0 Å². The number of hydrogen-bond acceptors (Lipinski definition) is 6. The van der Waals surface area contributed by atoms with Gasteiger partial charge < -0.3 is 9.47 Å². The van der Waals surface area contributed by atoms with Gasteiger partial charge in [0.05, 0.1) is 5.75 Å². The average Bonchev–Trinajstić information content (AvgIpc) is 2.16. The number of hydrogen-bond donors (Lipinski definition) is 0. The third-order valence-corrected chi connectivity index (χ3v) is 3.24. The predicted octanol–water partition coefficient (Wildman–Crippen LogP) is 3.12. The van der Waals surface area contributed by atoms with Gasteiger partial charge in [0.15, 0.2) is 0 Å². The molecule has 0 saturated carbocycles. The Morgan fingerprint density at radius 3 is 1.59 bits per heavy atom. The van der Waals surface area contributed by atoms with Gasteiger partial charge in [0, 0.05) is 17.2 Å². The van der Waals surface area contributed by atoms with E-state index in [1.54, 1.807) is 41.5 Å². The summed E-state index contributed by atoms with van der Waals surface area (Å²) in [5.74, 6) is -0.364. The van der Waals surface area contributed by atoms with Crippen molar-refractivity contribution in [3.8, 4) is 0 Å². The topological polar surface area (TPSA) is 90.0 Å². The van der Waals surface area contributed by atoms with Crippen LogP contribution in [0.5, 0.6) is 0 Å². The van der Waals surface area contributed by atoms with Gasteiger partial charge in [0.1, 0.15) is 11.2 Å². The fourth-order valence-corrected chi connectivity index (χ4v) is 2.09. The molecular formula is C13H24ClNO6S. The summed E-state index contributed by atoms with van der Waals surface area (Å²) in [7, 11) is 1.41. The minimum Gasteiger partial charge on any atom is -0.443 e. The third-order valence-electron chi connectivity index (χ3n) is 2.00. The lowest BCUT2D eigenvalue weighted by Gasteiger charge is -2.28. The number of nitrogens with zero attached hydrogens (tertiary/aromatic N) is 1. The maximum atomic E-state index is 12.1. The Morgan fingerprint density at radius 1 is 0.955 bits per heavy atom. The highest BCUT2D eigenvalue weighted by atomic mass is 35.7. The third kappa shape index (κ3) is 10.7. The van der Waals surface area contributed by atoms with E-state index >= 15 is 0 Å². The van der Waals surface area contributed by atoms with Crippen molar-refractivity contribution >= 4 is 31.9 Å². The smallest absolute Gasteiger partial charge is 0.419 e. The van der Waals surface area contributed by atoms with Crippen LogP contribution in [0.25, 0.3) is 0 Å². The first kappa shape index (κ1) is 21.0. The SMILES string of the molecule is CC(C)(C)OC(=O)N(CCCS(=O)(=O)Cl)C(=O)OC(C)(C)C. The molecule has 9 heteroatoms. The molecule has 0 aromatic heterocycles. The fraction of sp³-hybridized carbons (Fsp3) is 0.846. The van der Waals surface area contributed by atoms with Crippen molar-refractivity contribution in [1.82, 2.24) is 4.90 Å². The van der Waals surface area contributed by atoms with Gasteiger partial charge in [-0.1, -0.05) is 0 Å². The molecule has 0 aromatic carbocycles. The molecule has 0 fully saturated rings. The predicted molar refractivity (Wildman–Crippen MR) is 83.4 cm³/mol. The standard InChI is InChI=1S/C13H24ClNO6S/c1-12(2,3)20-10(16)15(8-7-9-22(14,18)19)11(17)21-13(4,5)6/h7-9H2,1-6H3. The van der Waals surface area contributed by atoms with E-state index in [-0.39, 0.29) is 18.7 Å². The second kappa shape index (κ2) is 7.50. The molecule has 2 amide bonds. The number of halogens is 1. The summed E-state index contributed by atoms with van der Waals surface area (Å²) in [6.07, 6.45) is -1.80. The number of carbonyl (C=O) groups is 2. The Morgan fingerprint density at radius 2 is 1.32 bits per heavy atom. The van der Waals surface area contributed by atoms with Crippen molar-refractivity contribution in [2.75, 3.05) is 12.3 Å². The molecule has 0 N–H and O–H groups in total. The molecule has 0 aromatic rings. The molecule has 0 radical (unpaired) electrons. The molecule has 0 saturated heterocycles. The van der Waals surface area contributed by atoms with Gasteiger partial charge in [-0.3, -0.25) is 0 Å². The number of imide groups is 1. The average molecular weight is 358 g/mol. The van der Waals surface area contributed by atoms with Gasteiger partial charge in [-0.25, -0.2) is 22.9 Å². The van der Waals surface area contributed by atoms with Gasteiger partial charge in [0.25, 0.3) is 0 Å². The van der Waals surface area contributed by atoms with Crippen LogP contribution in [0.1, 0.15) is 48.0 Å². The molecule has 0 atom stereocenters. The van der Waals surface area contributed by atoms with Crippen LogP contribution >= 0.6 is 10.7 Å². The van der Waals surface area contributed by atoms with E-state index in [0.717, 1.165) is 4.90 Å². The van der Waals surface area contributed by atoms with Gasteiger partial charge >= 0.3 is 12.2 Å². The highest BCUT2D eigenvalue weighted by Crippen LogP contribution is 2.15. The number of rotatable bonds is 4. The van der Waals surface area contributed by atoms with Crippen LogP contribution in [-0.2, 0) is 18.5 Å². The Kier molecular flexibility index (Phi) is 7.15. The van der Waals surface area contributed by atoms with Crippen molar-refractivity contribution in [2.45, 2.75) is 59.2 Å². The van der Waals surface area contributed by atoms with E-state index in [9.17, 15) is 18.0 Å². The van der Waals surface area contributed by atoms with Crippen LogP contribution in [0, 0.1) is 0 Å². The summed E-state index contributed by atoms with van der Waals surface area (Å²) in [6.45, 7) is 9.75. The van der Waals surface area contributed by atoms with E-state index in [1.165, 1.54) is 0 Å². The van der Waals surface area contributed by atoms with Crippen LogP contribution in [0.15, 0.2) is 0 Å². The normalized spacial score (nSPS) is 12.7. The largest absolute Gasteiger partial charge is 0.443 e. The maximum absolute atomic E-state index is 12.1. The Bertz CT molecular complexity index is 476. The lowest BCUT2D eigenvalue weighted by Crippen LogP contribution is -2.44. The van der Waals surface area contributed by atoms with Crippen molar-refractivity contribution in [1.29, 1.82) is 0 Å². The van der Waals surface area contributed by atoms with E-state index in [2.05, 4.69) is 0 Å². The fourth-order valence-electron chi connectivity index (χ4n) is 1.29. The molecule has 0 heterocycles. The highest BCUT2D eigenvalue weighted by Gasteiger charge is 2.31. The quantitative estimate of drug-likeness (QED) is 0.718. The summed E-state index contributed by atoms with van der Waals surface area (Å²) in [6, 6.07) is 0. The molecule has 130 valence electrons. The second-order valence-corrected chi connectivity index (χ2v) is 9.61. The van der Waals surface area contributed by atoms with Crippen LogP contribution in [0.4, 0.5) is 9.59 Å². The number of amides is 2. The second-order valence-electron chi connectivity index (χ2n) is 6.71. The van der Waals surface area contributed by atoms with E-state index in [4.69, 9.17) is 20.2 Å². The van der Waals surface area contributed by atoms with E-state index < -0.39 is 32.4 Å². The summed E-state index contributed by atoms with van der Waals surface area (Å²) in [4.78, 5) is 24.9. The molecule has 0 unspecified atom stereocenters. The first-order chi connectivity index (χ1) is 9.61. The molecule has 0 aliphatic carbocycles. The minimum absolute atomic E-state index is 0.00960. The Labute approximate surface area is 136 Å². The summed E-state index contributed by atoms with van der Waals surface area (Å²) in [5, 5.41) is 0. The molecule has 7 nitrogen and oxygen atoms in total. The molecule has 0 spiro atoms. The van der Waals surface area contributed by atoms with Crippen molar-refractivity contribution in [3.63, 3.8) is 0 Å². The minimum atomic E-state index is -3.70. The summed E-state index contributed by atoms with van der Waals surface area (Å²) in [5.41, 5.74) is -1.59. The lowest BCUT2D eigenvalue weighted by molar-refractivity contribution is 0.00153. The van der Waals surface area contributed by atoms with E-state index in [0.29, 0.717) is 0 Å². The molecular weight excluding hydrogens is 334 g/mol. The van der Waals surface area contributed by atoms with Crippen LogP contribution in [0.2, 0.25) is 0 Å². The van der Waals surface area contributed by atoms with Crippen molar-refractivity contribution < 1.29 is 27.5 Å². The Balaban J connectivity index is 4.98. The lowest BCUT2D eigenvalue weighted by atomic mass is 10.2. The first-order valence-corrected chi connectivity index (χ1v) is 9.24. The van der Waals surface area contributed by atoms with Gasteiger partial charge in [-0.05, 0) is 48.0 Å². The monoisotopic (exact) mass is 357 g/mol. The summed E-state index contributed by atoms with van der Waals surface area (Å²) >= 11 is 0. The molecule has 0 rings (SSSR count). The van der Waals surface area contributed by atoms with Gasteiger partial charge in [-0.2, -0.15) is 0 Å². The zero-order valence-electron chi connectivity index (χ0n) is 13.8. The van der Waals surface area contributed by atoms with Crippen LogP contribution in [-0.4, -0.2) is 49.0 Å². The van der Waals surface area contributed by atoms with Crippen molar-refractivity contribution in [2.24, 2.45) is 0 Å². The van der Waals surface area contributed by atoms with Gasteiger partial charge in [0.2, 0.25) is 9.05 Å². The van der Waals surface area contributed by atoms with Crippen molar-refractivity contribution in [3.05, 3.63) is 0 Å².